The van der Waals surface area contributed by atoms with Gasteiger partial charge in [-0.1, -0.05) is 56.2 Å². The molecule has 0 unspecified atom stereocenters. The Morgan fingerprint density at radius 1 is 1.07 bits per heavy atom. The standard InChI is InChI=1S/C15H22/c1-3-4-5-6-7-8-12-15-13-10-9-11-14(15)2/h7-11,13H,3-6,12H2,1-2H3/b8-7-. The smallest absolute Gasteiger partial charge is 0.00948 e. The van der Waals surface area contributed by atoms with Crippen molar-refractivity contribution in [3.8, 4) is 0 Å². The number of unbranched alkanes of at least 4 members (excludes halogenated alkanes) is 3. The summed E-state index contributed by atoms with van der Waals surface area (Å²) in [5.74, 6) is 0. The average molecular weight is 202 g/mol. The van der Waals surface area contributed by atoms with Crippen LogP contribution in [0.4, 0.5) is 0 Å². The van der Waals surface area contributed by atoms with E-state index >= 15 is 0 Å². The predicted octanol–water partition coefficient (Wildman–Crippen LogP) is 4.67. The van der Waals surface area contributed by atoms with Gasteiger partial charge in [-0.2, -0.15) is 0 Å². The van der Waals surface area contributed by atoms with Crippen molar-refractivity contribution in [2.24, 2.45) is 0 Å². The third-order valence-electron chi connectivity index (χ3n) is 2.74. The first-order valence-electron chi connectivity index (χ1n) is 6.04. The molecule has 0 aromatic heterocycles. The highest BCUT2D eigenvalue weighted by Gasteiger charge is 1.92. The van der Waals surface area contributed by atoms with E-state index in [0.29, 0.717) is 0 Å². The van der Waals surface area contributed by atoms with E-state index in [-0.39, 0.29) is 0 Å². The van der Waals surface area contributed by atoms with Crippen molar-refractivity contribution in [3.63, 3.8) is 0 Å². The van der Waals surface area contributed by atoms with E-state index in [1.165, 1.54) is 36.8 Å². The molecule has 82 valence electrons. The maximum absolute atomic E-state index is 2.32. The summed E-state index contributed by atoms with van der Waals surface area (Å²) in [5.41, 5.74) is 2.85. The topological polar surface area (TPSA) is 0 Å². The zero-order chi connectivity index (χ0) is 10.9. The van der Waals surface area contributed by atoms with Crippen LogP contribution in [0.1, 0.15) is 43.7 Å². The first-order chi connectivity index (χ1) is 7.34. The molecule has 0 heteroatoms. The molecule has 0 atom stereocenters. The molecule has 0 nitrogen and oxygen atoms in total. The average Bonchev–Trinajstić information content (AvgIpc) is 2.25. The Morgan fingerprint density at radius 3 is 2.60 bits per heavy atom. The summed E-state index contributed by atoms with van der Waals surface area (Å²) in [6.07, 6.45) is 10.9. The maximum Gasteiger partial charge on any atom is -0.00948 e. The van der Waals surface area contributed by atoms with Gasteiger partial charge in [-0.05, 0) is 37.3 Å². The van der Waals surface area contributed by atoms with E-state index in [4.69, 9.17) is 0 Å². The lowest BCUT2D eigenvalue weighted by atomic mass is 10.1. The Labute approximate surface area is 94.0 Å². The molecule has 1 aromatic carbocycles. The fourth-order valence-corrected chi connectivity index (χ4v) is 1.68. The van der Waals surface area contributed by atoms with E-state index in [0.717, 1.165) is 6.42 Å². The zero-order valence-electron chi connectivity index (χ0n) is 10.00. The summed E-state index contributed by atoms with van der Waals surface area (Å²) in [4.78, 5) is 0. The first-order valence-corrected chi connectivity index (χ1v) is 6.04. The van der Waals surface area contributed by atoms with Crippen LogP contribution in [-0.2, 0) is 6.42 Å². The van der Waals surface area contributed by atoms with Gasteiger partial charge in [0.05, 0.1) is 0 Å². The molecule has 0 saturated heterocycles. The van der Waals surface area contributed by atoms with Crippen LogP contribution < -0.4 is 0 Å². The molecular formula is C15H22. The lowest BCUT2D eigenvalue weighted by molar-refractivity contribution is 0.728. The van der Waals surface area contributed by atoms with Crippen LogP contribution in [0.3, 0.4) is 0 Å². The molecule has 0 amide bonds. The third kappa shape index (κ3) is 4.83. The number of rotatable bonds is 6. The summed E-state index contributed by atoms with van der Waals surface area (Å²) < 4.78 is 0. The Balaban J connectivity index is 2.28. The summed E-state index contributed by atoms with van der Waals surface area (Å²) >= 11 is 0. The van der Waals surface area contributed by atoms with Crippen LogP contribution in [0.2, 0.25) is 0 Å². The monoisotopic (exact) mass is 202 g/mol. The molecule has 0 spiro atoms. The molecule has 1 rings (SSSR count). The summed E-state index contributed by atoms with van der Waals surface area (Å²) in [6.45, 7) is 4.43. The van der Waals surface area contributed by atoms with Crippen molar-refractivity contribution >= 4 is 0 Å². The summed E-state index contributed by atoms with van der Waals surface area (Å²) in [7, 11) is 0. The Bertz CT molecular complexity index is 297. The number of benzene rings is 1. The molecule has 1 aromatic rings. The third-order valence-corrected chi connectivity index (χ3v) is 2.74. The molecule has 0 aliphatic heterocycles. The van der Waals surface area contributed by atoms with Gasteiger partial charge in [0.25, 0.3) is 0 Å². The molecule has 0 heterocycles. The Kier molecular flexibility index (Phi) is 5.84. The van der Waals surface area contributed by atoms with Gasteiger partial charge in [-0.3, -0.25) is 0 Å². The van der Waals surface area contributed by atoms with Gasteiger partial charge in [-0.25, -0.2) is 0 Å². The van der Waals surface area contributed by atoms with Crippen LogP contribution in [0.25, 0.3) is 0 Å². The summed E-state index contributed by atoms with van der Waals surface area (Å²) in [6, 6.07) is 8.61. The first kappa shape index (κ1) is 12.0. The number of hydrogen-bond donors (Lipinski definition) is 0. The Hall–Kier alpha value is -1.04. The highest BCUT2D eigenvalue weighted by Crippen LogP contribution is 2.08. The van der Waals surface area contributed by atoms with Gasteiger partial charge in [0.1, 0.15) is 0 Å². The minimum absolute atomic E-state index is 1.08. The van der Waals surface area contributed by atoms with E-state index < -0.39 is 0 Å². The second-order valence-corrected chi connectivity index (χ2v) is 4.10. The molecule has 0 saturated carbocycles. The second-order valence-electron chi connectivity index (χ2n) is 4.10. The van der Waals surface area contributed by atoms with Crippen molar-refractivity contribution in [2.45, 2.75) is 46.0 Å². The van der Waals surface area contributed by atoms with Gasteiger partial charge in [0.2, 0.25) is 0 Å². The van der Waals surface area contributed by atoms with Crippen molar-refractivity contribution in [3.05, 3.63) is 47.5 Å². The van der Waals surface area contributed by atoms with Crippen LogP contribution >= 0.6 is 0 Å². The largest absolute Gasteiger partial charge is 0.0882 e. The molecular weight excluding hydrogens is 180 g/mol. The highest BCUT2D eigenvalue weighted by atomic mass is 14.0. The van der Waals surface area contributed by atoms with Gasteiger partial charge in [-0.15, -0.1) is 0 Å². The lowest BCUT2D eigenvalue weighted by Crippen LogP contribution is -1.85. The van der Waals surface area contributed by atoms with E-state index in [9.17, 15) is 0 Å². The normalized spacial score (nSPS) is 11.1. The van der Waals surface area contributed by atoms with Crippen molar-refractivity contribution in [1.82, 2.24) is 0 Å². The summed E-state index contributed by atoms with van der Waals surface area (Å²) in [5, 5.41) is 0. The molecule has 0 fully saturated rings. The molecule has 0 bridgehead atoms. The van der Waals surface area contributed by atoms with E-state index in [1.54, 1.807) is 0 Å². The minimum Gasteiger partial charge on any atom is -0.0882 e. The van der Waals surface area contributed by atoms with Gasteiger partial charge < -0.3 is 0 Å². The molecule has 0 N–H and O–H groups in total. The number of aryl methyl sites for hydroxylation is 1. The van der Waals surface area contributed by atoms with Crippen LogP contribution in [0, 0.1) is 6.92 Å². The zero-order valence-corrected chi connectivity index (χ0v) is 10.00. The van der Waals surface area contributed by atoms with Gasteiger partial charge >= 0.3 is 0 Å². The van der Waals surface area contributed by atoms with Crippen molar-refractivity contribution in [2.75, 3.05) is 0 Å². The van der Waals surface area contributed by atoms with Crippen molar-refractivity contribution in [1.29, 1.82) is 0 Å². The quantitative estimate of drug-likeness (QED) is 0.464. The highest BCUT2D eigenvalue weighted by molar-refractivity contribution is 5.27. The molecule has 15 heavy (non-hydrogen) atoms. The van der Waals surface area contributed by atoms with Crippen LogP contribution in [-0.4, -0.2) is 0 Å². The number of hydrogen-bond acceptors (Lipinski definition) is 0. The van der Waals surface area contributed by atoms with Crippen LogP contribution in [0.15, 0.2) is 36.4 Å². The second kappa shape index (κ2) is 7.28. The van der Waals surface area contributed by atoms with E-state index in [2.05, 4.69) is 50.3 Å². The van der Waals surface area contributed by atoms with Gasteiger partial charge in [0, 0.05) is 0 Å². The maximum atomic E-state index is 2.32. The lowest BCUT2D eigenvalue weighted by Gasteiger charge is -2.00. The SMILES string of the molecule is CCCCC/C=C\Cc1ccccc1C. The minimum atomic E-state index is 1.08. The van der Waals surface area contributed by atoms with E-state index in [1.807, 2.05) is 0 Å². The molecule has 0 aliphatic carbocycles. The number of allylic oxidation sites excluding steroid dienone is 2. The Morgan fingerprint density at radius 2 is 1.87 bits per heavy atom. The fourth-order valence-electron chi connectivity index (χ4n) is 1.68. The van der Waals surface area contributed by atoms with Crippen molar-refractivity contribution < 1.29 is 0 Å². The van der Waals surface area contributed by atoms with Crippen LogP contribution in [0.5, 0.6) is 0 Å². The predicted molar refractivity (Wildman–Crippen MR) is 68.2 cm³/mol. The molecule has 0 aliphatic rings. The fraction of sp³-hybridized carbons (Fsp3) is 0.467. The molecule has 0 radical (unpaired) electrons. The van der Waals surface area contributed by atoms with Gasteiger partial charge in [0.15, 0.2) is 0 Å².